The van der Waals surface area contributed by atoms with Crippen LogP contribution >= 0.6 is 15.9 Å². The van der Waals surface area contributed by atoms with Gasteiger partial charge in [-0.3, -0.25) is 4.40 Å². The first kappa shape index (κ1) is 18.9. The predicted molar refractivity (Wildman–Crippen MR) is 102 cm³/mol. The van der Waals surface area contributed by atoms with E-state index >= 15 is 0 Å². The van der Waals surface area contributed by atoms with Gasteiger partial charge in [-0.25, -0.2) is 4.79 Å². The first-order chi connectivity index (χ1) is 12.3. The zero-order valence-electron chi connectivity index (χ0n) is 15.6. The van der Waals surface area contributed by atoms with Gasteiger partial charge in [0, 0.05) is 24.1 Å². The number of amides is 1. The number of carbonyl (C=O) groups is 1. The molecule has 3 rings (SSSR count). The van der Waals surface area contributed by atoms with E-state index in [1.807, 2.05) is 37.3 Å². The molecule has 7 nitrogen and oxygen atoms in total. The van der Waals surface area contributed by atoms with Gasteiger partial charge in [-0.2, -0.15) is 0 Å². The summed E-state index contributed by atoms with van der Waals surface area (Å²) in [5.74, 6) is 1.87. The third kappa shape index (κ3) is 4.28. The summed E-state index contributed by atoms with van der Waals surface area (Å²) >= 11 is 3.59. The van der Waals surface area contributed by atoms with E-state index in [1.165, 1.54) is 0 Å². The summed E-state index contributed by atoms with van der Waals surface area (Å²) in [7, 11) is 1.63. The number of aromatic nitrogens is 3. The lowest BCUT2D eigenvalue weighted by atomic mass is 9.85. The van der Waals surface area contributed by atoms with E-state index < -0.39 is 5.60 Å². The molecule has 0 unspecified atom stereocenters. The van der Waals surface area contributed by atoms with Crippen LogP contribution in [0.2, 0.25) is 0 Å². The number of nitrogens with zero attached hydrogens (tertiary/aromatic N) is 3. The van der Waals surface area contributed by atoms with E-state index in [1.54, 1.807) is 7.11 Å². The van der Waals surface area contributed by atoms with Gasteiger partial charge in [0.25, 0.3) is 0 Å². The number of fused-ring (bicyclic) bond motifs is 1. The molecule has 0 aromatic carbocycles. The fraction of sp³-hybridized carbons (Fsp3) is 0.611. The highest BCUT2D eigenvalue weighted by Gasteiger charge is 2.29. The second-order valence-electron chi connectivity index (χ2n) is 7.68. The zero-order chi connectivity index (χ0) is 18.9. The van der Waals surface area contributed by atoms with Crippen LogP contribution in [0.25, 0.3) is 5.65 Å². The minimum absolute atomic E-state index is 0.0768. The molecule has 0 aliphatic heterocycles. The van der Waals surface area contributed by atoms with Gasteiger partial charge >= 0.3 is 6.09 Å². The number of hydrogen-bond acceptors (Lipinski definition) is 5. The second kappa shape index (κ2) is 7.42. The van der Waals surface area contributed by atoms with Crippen LogP contribution in [-0.4, -0.2) is 39.4 Å². The third-order valence-corrected chi connectivity index (χ3v) is 5.04. The molecule has 0 bridgehead atoms. The van der Waals surface area contributed by atoms with E-state index in [9.17, 15) is 4.79 Å². The maximum Gasteiger partial charge on any atom is 0.407 e. The van der Waals surface area contributed by atoms with Crippen molar-refractivity contribution in [3.05, 3.63) is 22.6 Å². The molecule has 1 saturated carbocycles. The average molecular weight is 425 g/mol. The lowest BCUT2D eigenvalue weighted by Gasteiger charge is -2.30. The van der Waals surface area contributed by atoms with Crippen molar-refractivity contribution in [1.82, 2.24) is 19.9 Å². The van der Waals surface area contributed by atoms with Crippen LogP contribution in [0.5, 0.6) is 5.75 Å². The van der Waals surface area contributed by atoms with Crippen LogP contribution in [0.1, 0.15) is 58.2 Å². The van der Waals surface area contributed by atoms with Crippen LogP contribution < -0.4 is 10.1 Å². The summed E-state index contributed by atoms with van der Waals surface area (Å²) in [6.07, 6.45) is 3.44. The van der Waals surface area contributed by atoms with E-state index in [0.717, 1.165) is 47.5 Å². The summed E-state index contributed by atoms with van der Waals surface area (Å²) in [5, 5.41) is 11.7. The van der Waals surface area contributed by atoms with Crippen LogP contribution in [0.15, 0.2) is 16.7 Å². The highest BCUT2D eigenvalue weighted by atomic mass is 79.9. The molecule has 0 radical (unpaired) electrons. The largest absolute Gasteiger partial charge is 0.497 e. The van der Waals surface area contributed by atoms with Crippen molar-refractivity contribution in [3.63, 3.8) is 0 Å². The molecule has 1 N–H and O–H groups in total. The smallest absolute Gasteiger partial charge is 0.407 e. The molecular weight excluding hydrogens is 400 g/mol. The molecule has 2 aromatic rings. The predicted octanol–water partition coefficient (Wildman–Crippen LogP) is 4.05. The third-order valence-electron chi connectivity index (χ3n) is 4.46. The lowest BCUT2D eigenvalue weighted by molar-refractivity contribution is 0.0490. The van der Waals surface area contributed by atoms with Crippen LogP contribution in [0.3, 0.4) is 0 Å². The molecule has 8 heteroatoms. The number of ether oxygens (including phenoxy) is 2. The van der Waals surface area contributed by atoms with Crippen molar-refractivity contribution < 1.29 is 14.3 Å². The fourth-order valence-corrected chi connectivity index (χ4v) is 3.97. The number of alkyl carbamates (subject to hydrolysis) is 1. The first-order valence-corrected chi connectivity index (χ1v) is 9.64. The molecule has 1 aliphatic carbocycles. The van der Waals surface area contributed by atoms with Crippen molar-refractivity contribution in [2.45, 2.75) is 64.0 Å². The summed E-state index contributed by atoms with van der Waals surface area (Å²) in [6, 6.07) is 3.84. The Bertz CT molecular complexity index is 800. The molecule has 1 aliphatic rings. The summed E-state index contributed by atoms with van der Waals surface area (Å²) < 4.78 is 13.5. The molecule has 142 valence electrons. The van der Waals surface area contributed by atoms with Crippen LogP contribution in [-0.2, 0) is 4.74 Å². The number of methoxy groups -OCH3 is 1. The number of halogens is 1. The Morgan fingerprint density at radius 3 is 2.77 bits per heavy atom. The quantitative estimate of drug-likeness (QED) is 0.751. The highest BCUT2D eigenvalue weighted by molar-refractivity contribution is 9.10. The van der Waals surface area contributed by atoms with Gasteiger partial charge in [-0.15, -0.1) is 10.2 Å². The van der Waals surface area contributed by atoms with Crippen molar-refractivity contribution >= 4 is 27.7 Å². The molecular formula is C18H25BrN4O3. The molecule has 2 atom stereocenters. The van der Waals surface area contributed by atoms with Crippen LogP contribution in [0, 0.1) is 0 Å². The summed E-state index contributed by atoms with van der Waals surface area (Å²) in [4.78, 5) is 12.1. The molecule has 0 saturated heterocycles. The maximum absolute atomic E-state index is 12.1. The van der Waals surface area contributed by atoms with Gasteiger partial charge in [0.1, 0.15) is 17.2 Å². The van der Waals surface area contributed by atoms with Crippen molar-refractivity contribution in [2.24, 2.45) is 0 Å². The zero-order valence-corrected chi connectivity index (χ0v) is 17.2. The van der Waals surface area contributed by atoms with Crippen molar-refractivity contribution in [3.8, 4) is 5.75 Å². The minimum atomic E-state index is -0.495. The van der Waals surface area contributed by atoms with Gasteiger partial charge in [-0.05, 0) is 56.0 Å². The molecule has 2 heterocycles. The Kier molecular flexibility index (Phi) is 5.41. The molecule has 1 amide bonds. The number of rotatable bonds is 3. The number of pyridine rings is 1. The van der Waals surface area contributed by atoms with Crippen molar-refractivity contribution in [1.29, 1.82) is 0 Å². The maximum atomic E-state index is 12.1. The number of carbonyl (C=O) groups excluding carboxylic acids is 1. The normalized spacial score (nSPS) is 20.8. The Hall–Kier alpha value is -1.83. The standard InChI is InChI=1S/C18H25BrN4O3/c1-18(2,3)26-17(24)20-12-7-5-6-11(8-12)16-22-21-15-10-13(25-4)9-14(19)23(15)16/h9-12H,5-8H2,1-4H3,(H,20,24)/t11-,12+/m0/s1. The van der Waals surface area contributed by atoms with Gasteiger partial charge in [-0.1, -0.05) is 6.42 Å². The Balaban J connectivity index is 1.76. The van der Waals surface area contributed by atoms with E-state index in [2.05, 4.69) is 31.4 Å². The monoisotopic (exact) mass is 424 g/mol. The Morgan fingerprint density at radius 2 is 2.08 bits per heavy atom. The lowest BCUT2D eigenvalue weighted by Crippen LogP contribution is -2.41. The molecule has 26 heavy (non-hydrogen) atoms. The topological polar surface area (TPSA) is 77.8 Å². The van der Waals surface area contributed by atoms with Crippen LogP contribution in [0.4, 0.5) is 4.79 Å². The Morgan fingerprint density at radius 1 is 1.31 bits per heavy atom. The van der Waals surface area contributed by atoms with Gasteiger partial charge < -0.3 is 14.8 Å². The summed E-state index contributed by atoms with van der Waals surface area (Å²) in [5.41, 5.74) is 0.249. The van der Waals surface area contributed by atoms with Crippen molar-refractivity contribution in [2.75, 3.05) is 7.11 Å². The van der Waals surface area contributed by atoms with E-state index in [-0.39, 0.29) is 18.1 Å². The van der Waals surface area contributed by atoms with Gasteiger partial charge in [0.05, 0.1) is 11.7 Å². The molecule has 1 fully saturated rings. The fourth-order valence-electron chi connectivity index (χ4n) is 3.38. The SMILES string of the molecule is COc1cc(Br)n2c([C@H]3CCC[C@@H](NC(=O)OC(C)(C)C)C3)nnc2c1. The van der Waals surface area contributed by atoms with Gasteiger partial charge in [0.2, 0.25) is 0 Å². The number of hydrogen-bond donors (Lipinski definition) is 1. The average Bonchev–Trinajstić information content (AvgIpc) is 2.97. The summed E-state index contributed by atoms with van der Waals surface area (Å²) in [6.45, 7) is 5.60. The van der Waals surface area contributed by atoms with Gasteiger partial charge in [0.15, 0.2) is 5.65 Å². The minimum Gasteiger partial charge on any atom is -0.497 e. The second-order valence-corrected chi connectivity index (χ2v) is 8.49. The molecule has 0 spiro atoms. The van der Waals surface area contributed by atoms with E-state index in [0.29, 0.717) is 0 Å². The number of nitrogens with one attached hydrogen (secondary N) is 1. The first-order valence-electron chi connectivity index (χ1n) is 8.85. The highest BCUT2D eigenvalue weighted by Crippen LogP contribution is 2.34. The Labute approximate surface area is 161 Å². The molecule has 2 aromatic heterocycles. The van der Waals surface area contributed by atoms with E-state index in [4.69, 9.17) is 9.47 Å².